The summed E-state index contributed by atoms with van der Waals surface area (Å²) in [6.07, 6.45) is 8.74. The molecule has 25 heavy (non-hydrogen) atoms. The maximum atomic E-state index is 12.9. The van der Waals surface area contributed by atoms with E-state index in [1.807, 2.05) is 0 Å². The Kier molecular flexibility index (Phi) is 7.24. The SMILES string of the molecule is CNC(=O)C1CCCN1C(=O)N(CCC1=CCCCC1)CC(=O)NO. The summed E-state index contributed by atoms with van der Waals surface area (Å²) in [5, 5.41) is 11.4. The van der Waals surface area contributed by atoms with Gasteiger partial charge in [-0.25, -0.2) is 10.3 Å². The molecule has 1 aliphatic heterocycles. The van der Waals surface area contributed by atoms with Crippen molar-refractivity contribution in [1.82, 2.24) is 20.6 Å². The predicted octanol–water partition coefficient (Wildman–Crippen LogP) is 1.01. The number of likely N-dealkylation sites (N-methyl/N-ethyl adjacent to an activating group) is 1. The second kappa shape index (κ2) is 9.41. The lowest BCUT2D eigenvalue weighted by Crippen LogP contribution is -2.52. The fraction of sp³-hybridized carbons (Fsp3) is 0.706. The van der Waals surface area contributed by atoms with Gasteiger partial charge in [-0.15, -0.1) is 0 Å². The first-order chi connectivity index (χ1) is 12.1. The molecule has 0 radical (unpaired) electrons. The number of allylic oxidation sites excluding steroid dienone is 1. The molecule has 1 aliphatic carbocycles. The summed E-state index contributed by atoms with van der Waals surface area (Å²) in [6.45, 7) is 0.672. The van der Waals surface area contributed by atoms with Crippen LogP contribution in [0.25, 0.3) is 0 Å². The highest BCUT2D eigenvalue weighted by molar-refractivity contribution is 5.89. The average Bonchev–Trinajstić information content (AvgIpc) is 3.14. The standard InChI is InChI=1S/C17H28N4O4/c1-18-16(23)14-8-5-10-21(14)17(24)20(12-15(22)19-25)11-9-13-6-3-2-4-7-13/h6,14,25H,2-5,7-12H2,1H3,(H,18,23)(H,19,22). The smallest absolute Gasteiger partial charge is 0.321 e. The summed E-state index contributed by atoms with van der Waals surface area (Å²) in [5.41, 5.74) is 2.88. The van der Waals surface area contributed by atoms with Crippen molar-refractivity contribution < 1.29 is 19.6 Å². The molecule has 0 spiro atoms. The van der Waals surface area contributed by atoms with E-state index in [4.69, 9.17) is 5.21 Å². The van der Waals surface area contributed by atoms with Crippen LogP contribution < -0.4 is 10.8 Å². The van der Waals surface area contributed by atoms with Crippen LogP contribution in [0, 0.1) is 0 Å². The molecular weight excluding hydrogens is 324 g/mol. The summed E-state index contributed by atoms with van der Waals surface area (Å²) < 4.78 is 0. The molecular formula is C17H28N4O4. The average molecular weight is 352 g/mol. The van der Waals surface area contributed by atoms with Gasteiger partial charge in [0.25, 0.3) is 5.91 Å². The Hall–Kier alpha value is -2.09. The molecule has 8 nitrogen and oxygen atoms in total. The van der Waals surface area contributed by atoms with E-state index >= 15 is 0 Å². The molecule has 0 aromatic heterocycles. The zero-order chi connectivity index (χ0) is 18.2. The first-order valence-electron chi connectivity index (χ1n) is 8.94. The molecule has 1 atom stereocenters. The molecule has 4 amide bonds. The van der Waals surface area contributed by atoms with Crippen molar-refractivity contribution in [3.8, 4) is 0 Å². The van der Waals surface area contributed by atoms with E-state index in [2.05, 4.69) is 11.4 Å². The summed E-state index contributed by atoms with van der Waals surface area (Å²) in [7, 11) is 1.55. The van der Waals surface area contributed by atoms with Gasteiger partial charge in [-0.2, -0.15) is 0 Å². The van der Waals surface area contributed by atoms with Gasteiger partial charge < -0.3 is 15.1 Å². The Balaban J connectivity index is 2.04. The fourth-order valence-electron chi connectivity index (χ4n) is 3.48. The summed E-state index contributed by atoms with van der Waals surface area (Å²) in [5.74, 6) is -0.825. The molecule has 140 valence electrons. The van der Waals surface area contributed by atoms with Crippen LogP contribution in [0.3, 0.4) is 0 Å². The number of rotatable bonds is 6. The Labute approximate surface area is 148 Å². The number of carbonyl (C=O) groups is 3. The van der Waals surface area contributed by atoms with Gasteiger partial charge >= 0.3 is 6.03 Å². The number of amides is 4. The predicted molar refractivity (Wildman–Crippen MR) is 91.9 cm³/mol. The lowest BCUT2D eigenvalue weighted by atomic mass is 9.97. The summed E-state index contributed by atoms with van der Waals surface area (Å²) in [4.78, 5) is 39.4. The number of hydroxylamine groups is 1. The van der Waals surface area contributed by atoms with Crippen LogP contribution in [0.1, 0.15) is 44.9 Å². The number of nitrogens with zero attached hydrogens (tertiary/aromatic N) is 2. The summed E-state index contributed by atoms with van der Waals surface area (Å²) in [6, 6.07) is -0.822. The zero-order valence-corrected chi connectivity index (χ0v) is 14.8. The van der Waals surface area contributed by atoms with Crippen molar-refractivity contribution >= 4 is 17.8 Å². The Bertz CT molecular complexity index is 535. The second-order valence-corrected chi connectivity index (χ2v) is 6.56. The van der Waals surface area contributed by atoms with Crippen molar-refractivity contribution in [1.29, 1.82) is 0 Å². The normalized spacial score (nSPS) is 20.0. The lowest BCUT2D eigenvalue weighted by molar-refractivity contribution is -0.129. The van der Waals surface area contributed by atoms with Crippen LogP contribution in [0.15, 0.2) is 11.6 Å². The van der Waals surface area contributed by atoms with Gasteiger partial charge in [0.1, 0.15) is 12.6 Å². The van der Waals surface area contributed by atoms with Crippen LogP contribution >= 0.6 is 0 Å². The fourth-order valence-corrected chi connectivity index (χ4v) is 3.48. The van der Waals surface area contributed by atoms with Gasteiger partial charge in [-0.05, 0) is 44.9 Å². The van der Waals surface area contributed by atoms with Crippen molar-refractivity contribution in [2.75, 3.05) is 26.7 Å². The number of hydrogen-bond donors (Lipinski definition) is 3. The van der Waals surface area contributed by atoms with Crippen molar-refractivity contribution in [2.24, 2.45) is 0 Å². The van der Waals surface area contributed by atoms with E-state index in [1.54, 1.807) is 12.5 Å². The summed E-state index contributed by atoms with van der Waals surface area (Å²) >= 11 is 0. The number of urea groups is 1. The third-order valence-corrected chi connectivity index (χ3v) is 4.87. The first-order valence-corrected chi connectivity index (χ1v) is 8.94. The Morgan fingerprint density at radius 2 is 2.12 bits per heavy atom. The van der Waals surface area contributed by atoms with Crippen molar-refractivity contribution in [3.05, 3.63) is 11.6 Å². The highest BCUT2D eigenvalue weighted by Gasteiger charge is 2.36. The minimum Gasteiger partial charge on any atom is -0.357 e. The third kappa shape index (κ3) is 5.19. The van der Waals surface area contributed by atoms with Gasteiger partial charge in [-0.1, -0.05) is 11.6 Å². The minimum absolute atomic E-state index is 0.188. The molecule has 1 fully saturated rings. The molecule has 1 unspecified atom stereocenters. The van der Waals surface area contributed by atoms with Crippen LogP contribution in [-0.2, 0) is 9.59 Å². The molecule has 0 aromatic carbocycles. The van der Waals surface area contributed by atoms with E-state index in [0.29, 0.717) is 25.9 Å². The van der Waals surface area contributed by atoms with Crippen molar-refractivity contribution in [3.63, 3.8) is 0 Å². The van der Waals surface area contributed by atoms with Gasteiger partial charge in [0.05, 0.1) is 0 Å². The highest BCUT2D eigenvalue weighted by Crippen LogP contribution is 2.22. The molecule has 3 N–H and O–H groups in total. The first kappa shape index (κ1) is 19.2. The van der Waals surface area contributed by atoms with Crippen LogP contribution in [0.5, 0.6) is 0 Å². The number of likely N-dealkylation sites (tertiary alicyclic amines) is 1. The highest BCUT2D eigenvalue weighted by atomic mass is 16.5. The number of carbonyl (C=O) groups excluding carboxylic acids is 3. The molecule has 2 aliphatic rings. The van der Waals surface area contributed by atoms with E-state index in [-0.39, 0.29) is 18.5 Å². The second-order valence-electron chi connectivity index (χ2n) is 6.56. The topological polar surface area (TPSA) is 102 Å². The largest absolute Gasteiger partial charge is 0.357 e. The molecule has 0 saturated carbocycles. The van der Waals surface area contributed by atoms with Gasteiger partial charge in [-0.3, -0.25) is 14.8 Å². The molecule has 0 bridgehead atoms. The maximum Gasteiger partial charge on any atom is 0.321 e. The minimum atomic E-state index is -0.637. The van der Waals surface area contributed by atoms with Crippen LogP contribution in [0.2, 0.25) is 0 Å². The van der Waals surface area contributed by atoms with Crippen LogP contribution in [0.4, 0.5) is 4.79 Å². The molecule has 2 rings (SSSR count). The maximum absolute atomic E-state index is 12.9. The third-order valence-electron chi connectivity index (χ3n) is 4.87. The Morgan fingerprint density at radius 3 is 2.76 bits per heavy atom. The van der Waals surface area contributed by atoms with Crippen LogP contribution in [-0.4, -0.2) is 65.6 Å². The Morgan fingerprint density at radius 1 is 1.32 bits per heavy atom. The molecule has 1 saturated heterocycles. The van der Waals surface area contributed by atoms with E-state index in [1.165, 1.54) is 21.8 Å². The monoisotopic (exact) mass is 352 g/mol. The van der Waals surface area contributed by atoms with E-state index < -0.39 is 11.9 Å². The zero-order valence-electron chi connectivity index (χ0n) is 14.8. The van der Waals surface area contributed by atoms with E-state index in [9.17, 15) is 14.4 Å². The van der Waals surface area contributed by atoms with Gasteiger partial charge in [0.15, 0.2) is 0 Å². The van der Waals surface area contributed by atoms with E-state index in [0.717, 1.165) is 25.7 Å². The lowest BCUT2D eigenvalue weighted by Gasteiger charge is -2.31. The van der Waals surface area contributed by atoms with Gasteiger partial charge in [0, 0.05) is 20.1 Å². The molecule has 0 aromatic rings. The number of hydrogen-bond acceptors (Lipinski definition) is 4. The quantitative estimate of drug-likeness (QED) is 0.377. The van der Waals surface area contributed by atoms with Gasteiger partial charge in [0.2, 0.25) is 5.91 Å². The van der Waals surface area contributed by atoms with Crippen molar-refractivity contribution in [2.45, 2.75) is 51.0 Å². The molecule has 1 heterocycles. The molecule has 8 heteroatoms. The number of nitrogens with one attached hydrogen (secondary N) is 2.